The lowest BCUT2D eigenvalue weighted by molar-refractivity contribution is 0.174. The summed E-state index contributed by atoms with van der Waals surface area (Å²) in [7, 11) is 0. The molecule has 2 heterocycles. The number of halogens is 1. The van der Waals surface area contributed by atoms with Crippen LogP contribution in [0.2, 0.25) is 5.02 Å². The van der Waals surface area contributed by atoms with Gasteiger partial charge in [-0.2, -0.15) is 0 Å². The highest BCUT2D eigenvalue weighted by molar-refractivity contribution is 7.71. The van der Waals surface area contributed by atoms with E-state index in [0.29, 0.717) is 9.79 Å². The van der Waals surface area contributed by atoms with Crippen LogP contribution in [-0.4, -0.2) is 16.3 Å². The third-order valence-corrected chi connectivity index (χ3v) is 4.06. The van der Waals surface area contributed by atoms with E-state index in [9.17, 15) is 0 Å². The Bertz CT molecular complexity index is 899. The summed E-state index contributed by atoms with van der Waals surface area (Å²) in [5, 5.41) is 0.696. The van der Waals surface area contributed by atoms with Gasteiger partial charge in [0.25, 0.3) is 0 Å². The van der Waals surface area contributed by atoms with E-state index in [2.05, 4.69) is 4.98 Å². The Morgan fingerprint density at radius 1 is 1.05 bits per heavy atom. The lowest BCUT2D eigenvalue weighted by Gasteiger charge is -2.02. The van der Waals surface area contributed by atoms with Gasteiger partial charge >= 0.3 is 0 Å². The molecule has 1 aromatic heterocycles. The Morgan fingerprint density at radius 2 is 1.82 bits per heavy atom. The molecule has 0 amide bonds. The van der Waals surface area contributed by atoms with Gasteiger partial charge in [0.1, 0.15) is 0 Å². The molecule has 22 heavy (non-hydrogen) atoms. The van der Waals surface area contributed by atoms with Crippen LogP contribution in [0.5, 0.6) is 11.5 Å². The van der Waals surface area contributed by atoms with E-state index in [1.807, 2.05) is 53.2 Å². The van der Waals surface area contributed by atoms with Crippen molar-refractivity contribution in [3.05, 3.63) is 58.5 Å². The van der Waals surface area contributed by atoms with E-state index in [4.69, 9.17) is 33.3 Å². The van der Waals surface area contributed by atoms with Gasteiger partial charge in [0.05, 0.1) is 5.69 Å². The highest BCUT2D eigenvalue weighted by atomic mass is 35.5. The maximum absolute atomic E-state index is 5.93. The largest absolute Gasteiger partial charge is 0.454 e. The molecule has 0 bridgehead atoms. The Kier molecular flexibility index (Phi) is 3.17. The molecule has 3 aromatic rings. The lowest BCUT2D eigenvalue weighted by Crippen LogP contribution is -1.92. The molecule has 0 fully saturated rings. The summed E-state index contributed by atoms with van der Waals surface area (Å²) in [4.78, 5) is 3.21. The Labute approximate surface area is 136 Å². The highest BCUT2D eigenvalue weighted by Gasteiger charge is 2.15. The van der Waals surface area contributed by atoms with Gasteiger partial charge < -0.3 is 14.5 Å². The Hall–Kier alpha value is -2.24. The molecule has 0 saturated carbocycles. The second-order valence-corrected chi connectivity index (χ2v) is 5.71. The lowest BCUT2D eigenvalue weighted by atomic mass is 10.1. The van der Waals surface area contributed by atoms with Gasteiger partial charge in [0.2, 0.25) is 6.79 Å². The Morgan fingerprint density at radius 3 is 2.64 bits per heavy atom. The zero-order valence-electron chi connectivity index (χ0n) is 11.4. The molecule has 0 atom stereocenters. The van der Waals surface area contributed by atoms with Crippen molar-refractivity contribution in [2.75, 3.05) is 6.79 Å². The van der Waals surface area contributed by atoms with Crippen LogP contribution in [0.15, 0.2) is 48.7 Å². The smallest absolute Gasteiger partial charge is 0.231 e. The minimum Gasteiger partial charge on any atom is -0.454 e. The standard InChI is InChI=1S/C16H11ClN2O2S/c17-11-2-4-12(5-3-11)19-8-13(18-16(19)22)10-1-6-14-15(7-10)21-9-20-14/h1-8H,9H2,(H,18,22). The second-order valence-electron chi connectivity index (χ2n) is 4.89. The van der Waals surface area contributed by atoms with Crippen molar-refractivity contribution >= 4 is 23.8 Å². The average Bonchev–Trinajstić information content (AvgIpc) is 3.13. The maximum Gasteiger partial charge on any atom is 0.231 e. The minimum atomic E-state index is 0.264. The number of nitrogens with one attached hydrogen (secondary N) is 1. The molecule has 1 aliphatic heterocycles. The molecular formula is C16H11ClN2O2S. The van der Waals surface area contributed by atoms with Crippen LogP contribution >= 0.6 is 23.8 Å². The van der Waals surface area contributed by atoms with Crippen molar-refractivity contribution in [3.63, 3.8) is 0 Å². The first-order chi connectivity index (χ1) is 10.7. The fourth-order valence-corrected chi connectivity index (χ4v) is 2.79. The van der Waals surface area contributed by atoms with Crippen molar-refractivity contribution in [3.8, 4) is 28.4 Å². The predicted octanol–water partition coefficient (Wildman–Crippen LogP) is 4.58. The second kappa shape index (κ2) is 5.19. The first-order valence-electron chi connectivity index (χ1n) is 6.68. The van der Waals surface area contributed by atoms with E-state index >= 15 is 0 Å². The topological polar surface area (TPSA) is 39.2 Å². The number of imidazole rings is 1. The molecule has 0 aliphatic carbocycles. The molecule has 0 spiro atoms. The molecule has 4 rings (SSSR count). The summed E-state index contributed by atoms with van der Waals surface area (Å²) in [5.41, 5.74) is 2.86. The van der Waals surface area contributed by atoms with Gasteiger partial charge in [-0.1, -0.05) is 11.6 Å². The summed E-state index contributed by atoms with van der Waals surface area (Å²) >= 11 is 11.3. The van der Waals surface area contributed by atoms with Crippen molar-refractivity contribution < 1.29 is 9.47 Å². The molecule has 0 radical (unpaired) electrons. The third-order valence-electron chi connectivity index (χ3n) is 3.51. The summed E-state index contributed by atoms with van der Waals surface area (Å²) in [5.74, 6) is 1.51. The van der Waals surface area contributed by atoms with Gasteiger partial charge in [-0.15, -0.1) is 0 Å². The SMILES string of the molecule is S=c1[nH]c(-c2ccc3c(c2)OCO3)cn1-c1ccc(Cl)cc1. The number of hydrogen-bond acceptors (Lipinski definition) is 3. The van der Waals surface area contributed by atoms with Gasteiger partial charge in [0, 0.05) is 22.5 Å². The van der Waals surface area contributed by atoms with Gasteiger partial charge in [-0.25, -0.2) is 0 Å². The number of H-pyrrole nitrogens is 1. The summed E-state index contributed by atoms with van der Waals surface area (Å²) in [6, 6.07) is 13.3. The predicted molar refractivity (Wildman–Crippen MR) is 87.5 cm³/mol. The van der Waals surface area contributed by atoms with Gasteiger partial charge in [-0.3, -0.25) is 4.57 Å². The zero-order valence-corrected chi connectivity index (χ0v) is 12.9. The minimum absolute atomic E-state index is 0.264. The molecule has 0 saturated heterocycles. The first-order valence-corrected chi connectivity index (χ1v) is 7.47. The van der Waals surface area contributed by atoms with Gasteiger partial charge in [-0.05, 0) is 54.7 Å². The van der Waals surface area contributed by atoms with Crippen molar-refractivity contribution in [1.29, 1.82) is 0 Å². The molecule has 0 unspecified atom stereocenters. The van der Waals surface area contributed by atoms with Crippen LogP contribution in [0.1, 0.15) is 0 Å². The normalized spacial score (nSPS) is 12.6. The molecule has 2 aromatic carbocycles. The third kappa shape index (κ3) is 2.28. The summed E-state index contributed by atoms with van der Waals surface area (Å²) in [6.07, 6.45) is 1.96. The van der Waals surface area contributed by atoms with E-state index in [1.165, 1.54) is 0 Å². The molecule has 110 valence electrons. The highest BCUT2D eigenvalue weighted by Crippen LogP contribution is 2.35. The number of nitrogens with zero attached hydrogens (tertiary/aromatic N) is 1. The quantitative estimate of drug-likeness (QED) is 0.699. The maximum atomic E-state index is 5.93. The molecule has 1 N–H and O–H groups in total. The van der Waals surface area contributed by atoms with E-state index in [-0.39, 0.29) is 6.79 Å². The summed E-state index contributed by atoms with van der Waals surface area (Å²) < 4.78 is 13.3. The first kappa shape index (κ1) is 13.4. The van der Waals surface area contributed by atoms with Crippen molar-refractivity contribution in [2.24, 2.45) is 0 Å². The van der Waals surface area contributed by atoms with E-state index in [1.54, 1.807) is 0 Å². The van der Waals surface area contributed by atoms with E-state index < -0.39 is 0 Å². The monoisotopic (exact) mass is 330 g/mol. The van der Waals surface area contributed by atoms with Crippen LogP contribution in [-0.2, 0) is 0 Å². The molecular weight excluding hydrogens is 320 g/mol. The number of hydrogen-bond donors (Lipinski definition) is 1. The van der Waals surface area contributed by atoms with Crippen LogP contribution < -0.4 is 9.47 Å². The number of benzene rings is 2. The summed E-state index contributed by atoms with van der Waals surface area (Å²) in [6.45, 7) is 0.264. The number of fused-ring (bicyclic) bond motifs is 1. The van der Waals surface area contributed by atoms with Crippen LogP contribution in [0.25, 0.3) is 16.9 Å². The Balaban J connectivity index is 1.77. The molecule has 1 aliphatic rings. The average molecular weight is 331 g/mol. The fraction of sp³-hybridized carbons (Fsp3) is 0.0625. The van der Waals surface area contributed by atoms with Crippen molar-refractivity contribution in [1.82, 2.24) is 9.55 Å². The van der Waals surface area contributed by atoms with Crippen LogP contribution in [0, 0.1) is 4.77 Å². The number of ether oxygens (including phenoxy) is 2. The van der Waals surface area contributed by atoms with E-state index in [0.717, 1.165) is 28.4 Å². The fourth-order valence-electron chi connectivity index (χ4n) is 2.40. The van der Waals surface area contributed by atoms with Crippen LogP contribution in [0.3, 0.4) is 0 Å². The van der Waals surface area contributed by atoms with Crippen molar-refractivity contribution in [2.45, 2.75) is 0 Å². The number of aromatic amines is 1. The zero-order chi connectivity index (χ0) is 15.1. The van der Waals surface area contributed by atoms with Gasteiger partial charge in [0.15, 0.2) is 16.3 Å². The molecule has 6 heteroatoms. The number of aromatic nitrogens is 2. The van der Waals surface area contributed by atoms with Crippen LogP contribution in [0.4, 0.5) is 0 Å². The molecule has 4 nitrogen and oxygen atoms in total. The number of rotatable bonds is 2.